The van der Waals surface area contributed by atoms with E-state index in [9.17, 15) is 9.59 Å². The van der Waals surface area contributed by atoms with Crippen LogP contribution >= 0.6 is 0 Å². The smallest absolute Gasteiger partial charge is 0.323 e. The van der Waals surface area contributed by atoms with Crippen LogP contribution in [0.1, 0.15) is 40.0 Å². The van der Waals surface area contributed by atoms with Gasteiger partial charge in [-0.15, -0.1) is 0 Å². The molecule has 18 heavy (non-hydrogen) atoms. The Morgan fingerprint density at radius 3 is 2.61 bits per heavy atom. The maximum Gasteiger partial charge on any atom is 0.323 e. The molecule has 0 bridgehead atoms. The van der Waals surface area contributed by atoms with Crippen LogP contribution in [-0.4, -0.2) is 58.5 Å². The van der Waals surface area contributed by atoms with Gasteiger partial charge in [-0.25, -0.2) is 0 Å². The summed E-state index contributed by atoms with van der Waals surface area (Å²) >= 11 is 0. The van der Waals surface area contributed by atoms with Crippen LogP contribution in [0.15, 0.2) is 0 Å². The molecule has 1 aliphatic heterocycles. The monoisotopic (exact) mass is 256 g/mol. The minimum absolute atomic E-state index is 0.0218. The molecule has 5 heteroatoms. The van der Waals surface area contributed by atoms with E-state index in [0.29, 0.717) is 12.6 Å². The van der Waals surface area contributed by atoms with Gasteiger partial charge in [0.25, 0.3) is 0 Å². The second-order valence-corrected chi connectivity index (χ2v) is 5.13. The summed E-state index contributed by atoms with van der Waals surface area (Å²) in [4.78, 5) is 26.6. The molecule has 0 unspecified atom stereocenters. The first-order valence-corrected chi connectivity index (χ1v) is 6.71. The van der Waals surface area contributed by atoms with E-state index in [1.54, 1.807) is 0 Å². The summed E-state index contributed by atoms with van der Waals surface area (Å²) in [6.45, 7) is 7.06. The molecule has 1 fully saturated rings. The molecule has 0 aliphatic carbocycles. The lowest BCUT2D eigenvalue weighted by atomic mass is 10.2. The molecule has 1 aliphatic rings. The molecule has 1 rings (SSSR count). The molecular formula is C13H24N2O3. The maximum atomic E-state index is 12.2. The molecule has 0 aromatic heterocycles. The third-order valence-electron chi connectivity index (χ3n) is 3.78. The quantitative estimate of drug-likeness (QED) is 0.775. The van der Waals surface area contributed by atoms with Gasteiger partial charge in [-0.05, 0) is 39.7 Å². The van der Waals surface area contributed by atoms with Crippen LogP contribution in [0.3, 0.4) is 0 Å². The Balaban J connectivity index is 2.60. The van der Waals surface area contributed by atoms with E-state index in [1.165, 1.54) is 4.90 Å². The van der Waals surface area contributed by atoms with Crippen LogP contribution in [0, 0.1) is 0 Å². The van der Waals surface area contributed by atoms with E-state index in [0.717, 1.165) is 25.8 Å². The van der Waals surface area contributed by atoms with Crippen LogP contribution in [0.4, 0.5) is 0 Å². The van der Waals surface area contributed by atoms with E-state index in [2.05, 4.69) is 11.8 Å². The number of carboxylic acids is 1. The number of hydrogen-bond acceptors (Lipinski definition) is 3. The lowest BCUT2D eigenvalue weighted by Crippen LogP contribution is -2.47. The summed E-state index contributed by atoms with van der Waals surface area (Å²) in [6.07, 6.45) is 3.01. The number of nitrogens with zero attached hydrogens (tertiary/aromatic N) is 2. The lowest BCUT2D eigenvalue weighted by molar-refractivity contribution is -0.146. The van der Waals surface area contributed by atoms with Gasteiger partial charge in [-0.3, -0.25) is 14.5 Å². The van der Waals surface area contributed by atoms with Crippen LogP contribution in [0.25, 0.3) is 0 Å². The molecule has 5 nitrogen and oxygen atoms in total. The van der Waals surface area contributed by atoms with Crippen LogP contribution in [0.5, 0.6) is 0 Å². The number of carboxylic acid groups (broad SMARTS) is 1. The molecular weight excluding hydrogens is 232 g/mol. The highest BCUT2D eigenvalue weighted by molar-refractivity contribution is 5.83. The summed E-state index contributed by atoms with van der Waals surface area (Å²) in [6, 6.07) is 0.407. The summed E-state index contributed by atoms with van der Waals surface area (Å²) in [5.74, 6) is -1.02. The van der Waals surface area contributed by atoms with Crippen molar-refractivity contribution in [1.82, 2.24) is 9.80 Å². The minimum atomic E-state index is -0.946. The standard InChI is InChI=1S/C13H24N2O3/c1-4-10(2)15(9-13(17)18)12(16)8-14-7-5-6-11(14)3/h10-11H,4-9H2,1-3H3,(H,17,18)/t10-,11-/m0/s1. The topological polar surface area (TPSA) is 60.9 Å². The van der Waals surface area contributed by atoms with E-state index in [4.69, 9.17) is 5.11 Å². The normalized spacial score (nSPS) is 21.8. The van der Waals surface area contributed by atoms with E-state index in [-0.39, 0.29) is 18.5 Å². The zero-order chi connectivity index (χ0) is 13.7. The molecule has 1 N–H and O–H groups in total. The minimum Gasteiger partial charge on any atom is -0.480 e. The van der Waals surface area contributed by atoms with Crippen molar-refractivity contribution in [1.29, 1.82) is 0 Å². The molecule has 0 aromatic carbocycles. The van der Waals surface area contributed by atoms with E-state index >= 15 is 0 Å². The molecule has 1 saturated heterocycles. The van der Waals surface area contributed by atoms with Crippen molar-refractivity contribution in [3.63, 3.8) is 0 Å². The fourth-order valence-electron chi connectivity index (χ4n) is 2.35. The fraction of sp³-hybridized carbons (Fsp3) is 0.846. The molecule has 1 heterocycles. The van der Waals surface area contributed by atoms with Gasteiger partial charge in [0, 0.05) is 12.1 Å². The second-order valence-electron chi connectivity index (χ2n) is 5.13. The van der Waals surface area contributed by atoms with Crippen molar-refractivity contribution in [2.75, 3.05) is 19.6 Å². The highest BCUT2D eigenvalue weighted by Gasteiger charge is 2.27. The average Bonchev–Trinajstić information content (AvgIpc) is 2.70. The first kappa shape index (κ1) is 15.0. The molecule has 0 aromatic rings. The number of carbonyl (C=O) groups is 2. The Bertz CT molecular complexity index is 307. The third kappa shape index (κ3) is 3.98. The van der Waals surface area contributed by atoms with Crippen LogP contribution < -0.4 is 0 Å². The Kier molecular flexibility index (Phi) is 5.59. The molecule has 0 spiro atoms. The van der Waals surface area contributed by atoms with Gasteiger partial charge >= 0.3 is 5.97 Å². The van der Waals surface area contributed by atoms with Gasteiger partial charge in [-0.1, -0.05) is 6.92 Å². The predicted octanol–water partition coefficient (Wildman–Crippen LogP) is 1.18. The maximum absolute atomic E-state index is 12.2. The Labute approximate surface area is 109 Å². The number of aliphatic carboxylic acids is 1. The third-order valence-corrected chi connectivity index (χ3v) is 3.78. The highest BCUT2D eigenvalue weighted by Crippen LogP contribution is 2.16. The van der Waals surface area contributed by atoms with E-state index < -0.39 is 5.97 Å². The van der Waals surface area contributed by atoms with Gasteiger partial charge in [-0.2, -0.15) is 0 Å². The second kappa shape index (κ2) is 6.73. The lowest BCUT2D eigenvalue weighted by Gasteiger charge is -2.30. The first-order chi connectivity index (χ1) is 8.45. The molecule has 0 saturated carbocycles. The van der Waals surface area contributed by atoms with Crippen molar-refractivity contribution in [3.05, 3.63) is 0 Å². The van der Waals surface area contributed by atoms with Gasteiger partial charge < -0.3 is 10.0 Å². The van der Waals surface area contributed by atoms with Crippen LogP contribution in [0.2, 0.25) is 0 Å². The SMILES string of the molecule is CC[C@H](C)N(CC(=O)O)C(=O)CN1CCC[C@@H]1C. The summed E-state index contributed by atoms with van der Waals surface area (Å²) in [5.41, 5.74) is 0. The largest absolute Gasteiger partial charge is 0.480 e. The van der Waals surface area contributed by atoms with Crippen molar-refractivity contribution in [3.8, 4) is 0 Å². The van der Waals surface area contributed by atoms with Crippen LogP contribution in [-0.2, 0) is 9.59 Å². The van der Waals surface area contributed by atoms with Gasteiger partial charge in [0.2, 0.25) is 5.91 Å². The van der Waals surface area contributed by atoms with Gasteiger partial charge in [0.1, 0.15) is 6.54 Å². The summed E-state index contributed by atoms with van der Waals surface area (Å²) in [5, 5.41) is 8.88. The van der Waals surface area contributed by atoms with Crippen molar-refractivity contribution in [2.24, 2.45) is 0 Å². The highest BCUT2D eigenvalue weighted by atomic mass is 16.4. The Morgan fingerprint density at radius 1 is 1.50 bits per heavy atom. The number of likely N-dealkylation sites (tertiary alicyclic amines) is 1. The molecule has 104 valence electrons. The number of carbonyl (C=O) groups excluding carboxylic acids is 1. The van der Waals surface area contributed by atoms with E-state index in [1.807, 2.05) is 13.8 Å². The molecule has 1 amide bonds. The van der Waals surface area contributed by atoms with Crippen molar-refractivity contribution in [2.45, 2.75) is 52.1 Å². The first-order valence-electron chi connectivity index (χ1n) is 6.71. The average molecular weight is 256 g/mol. The summed E-state index contributed by atoms with van der Waals surface area (Å²) < 4.78 is 0. The van der Waals surface area contributed by atoms with Gasteiger partial charge in [0.05, 0.1) is 6.54 Å². The van der Waals surface area contributed by atoms with Crippen molar-refractivity contribution >= 4 is 11.9 Å². The number of rotatable bonds is 6. The molecule has 0 radical (unpaired) electrons. The zero-order valence-corrected chi connectivity index (χ0v) is 11.6. The molecule has 2 atom stereocenters. The number of hydrogen-bond donors (Lipinski definition) is 1. The predicted molar refractivity (Wildman–Crippen MR) is 69.4 cm³/mol. The number of amides is 1. The Morgan fingerprint density at radius 2 is 2.17 bits per heavy atom. The van der Waals surface area contributed by atoms with Gasteiger partial charge in [0.15, 0.2) is 0 Å². The summed E-state index contributed by atoms with van der Waals surface area (Å²) in [7, 11) is 0. The van der Waals surface area contributed by atoms with Crippen molar-refractivity contribution < 1.29 is 14.7 Å². The Hall–Kier alpha value is -1.10. The zero-order valence-electron chi connectivity index (χ0n) is 11.6. The fourth-order valence-corrected chi connectivity index (χ4v) is 2.35.